The summed E-state index contributed by atoms with van der Waals surface area (Å²) in [6.45, 7) is 4.01. The average Bonchev–Trinajstić information content (AvgIpc) is 2.44. The van der Waals surface area contributed by atoms with Crippen molar-refractivity contribution in [2.45, 2.75) is 13.8 Å². The minimum absolute atomic E-state index is 0.174. The Hall–Kier alpha value is -2.40. The maximum Gasteiger partial charge on any atom is 0.276 e. The summed E-state index contributed by atoms with van der Waals surface area (Å²) in [7, 11) is 1.74. The predicted octanol–water partition coefficient (Wildman–Crippen LogP) is 2.26. The summed E-state index contributed by atoms with van der Waals surface area (Å²) in [6, 6.07) is 11.1. The molecule has 3 N–H and O–H groups in total. The van der Waals surface area contributed by atoms with Crippen LogP contribution in [0.3, 0.4) is 0 Å². The second kappa shape index (κ2) is 5.71. The number of aromatic nitrogens is 1. The summed E-state index contributed by atoms with van der Waals surface area (Å²) in [5.74, 6) is 5.60. The first kappa shape index (κ1) is 14.0. The maximum absolute atomic E-state index is 12.4. The van der Waals surface area contributed by atoms with E-state index in [9.17, 15) is 4.79 Å². The van der Waals surface area contributed by atoms with Crippen LogP contribution in [0.1, 0.15) is 21.6 Å². The quantitative estimate of drug-likeness (QED) is 0.663. The highest BCUT2D eigenvalue weighted by Crippen LogP contribution is 2.19. The third kappa shape index (κ3) is 2.95. The van der Waals surface area contributed by atoms with Gasteiger partial charge < -0.3 is 10.3 Å². The van der Waals surface area contributed by atoms with Crippen molar-refractivity contribution in [1.29, 1.82) is 0 Å². The Morgan fingerprint density at radius 3 is 2.45 bits per heavy atom. The number of carbonyl (C=O) groups excluding carboxylic acids is 1. The van der Waals surface area contributed by atoms with Gasteiger partial charge in [0.15, 0.2) is 0 Å². The summed E-state index contributed by atoms with van der Waals surface area (Å²) >= 11 is 0. The number of rotatable bonds is 3. The molecule has 0 saturated heterocycles. The molecule has 1 amide bonds. The van der Waals surface area contributed by atoms with Gasteiger partial charge in [-0.25, -0.2) is 10.8 Å². The molecular weight excluding hydrogens is 252 g/mol. The van der Waals surface area contributed by atoms with Crippen molar-refractivity contribution in [2.75, 3.05) is 17.4 Å². The number of nitrogens with two attached hydrogens (primary N) is 1. The van der Waals surface area contributed by atoms with Gasteiger partial charge in [0.25, 0.3) is 5.91 Å². The summed E-state index contributed by atoms with van der Waals surface area (Å²) in [4.78, 5) is 18.2. The topological polar surface area (TPSA) is 71.2 Å². The Morgan fingerprint density at radius 1 is 1.20 bits per heavy atom. The second-order valence-corrected chi connectivity index (χ2v) is 4.76. The van der Waals surface area contributed by atoms with E-state index in [0.717, 1.165) is 16.8 Å². The molecule has 1 heterocycles. The number of nitrogen functional groups attached to an aromatic ring is 1. The third-order valence-electron chi connectivity index (χ3n) is 3.01. The van der Waals surface area contributed by atoms with Crippen molar-refractivity contribution < 1.29 is 4.79 Å². The Balaban J connectivity index is 2.31. The molecule has 1 aromatic heterocycles. The number of pyridine rings is 1. The number of nitrogens with zero attached hydrogens (tertiary/aromatic N) is 2. The van der Waals surface area contributed by atoms with Crippen LogP contribution < -0.4 is 16.2 Å². The van der Waals surface area contributed by atoms with Crippen molar-refractivity contribution in [3.05, 3.63) is 53.2 Å². The molecule has 0 saturated carbocycles. The summed E-state index contributed by atoms with van der Waals surface area (Å²) < 4.78 is 0. The van der Waals surface area contributed by atoms with Crippen LogP contribution in [-0.2, 0) is 0 Å². The molecule has 0 radical (unpaired) electrons. The lowest BCUT2D eigenvalue weighted by molar-refractivity contribution is 0.0988. The zero-order valence-corrected chi connectivity index (χ0v) is 11.8. The van der Waals surface area contributed by atoms with E-state index in [1.807, 2.05) is 26.0 Å². The first-order valence-electron chi connectivity index (χ1n) is 6.31. The number of anilines is 2. The highest BCUT2D eigenvalue weighted by atomic mass is 16.2. The highest BCUT2D eigenvalue weighted by molar-refractivity contribution is 6.04. The number of carbonyl (C=O) groups is 1. The Labute approximate surface area is 118 Å². The van der Waals surface area contributed by atoms with Gasteiger partial charge in [0, 0.05) is 12.7 Å². The van der Waals surface area contributed by atoms with Gasteiger partial charge in [-0.1, -0.05) is 12.1 Å². The van der Waals surface area contributed by atoms with Crippen molar-refractivity contribution in [1.82, 2.24) is 4.98 Å². The van der Waals surface area contributed by atoms with Gasteiger partial charge in [-0.05, 0) is 49.2 Å². The average molecular weight is 270 g/mol. The summed E-state index contributed by atoms with van der Waals surface area (Å²) in [5, 5.41) is 0. The SMILES string of the molecule is Cc1cc(C)cc(N(C)C(=O)c2cccc(NN)n2)c1. The number of aryl methyl sites for hydroxylation is 2. The molecule has 0 aliphatic rings. The fourth-order valence-corrected chi connectivity index (χ4v) is 2.07. The third-order valence-corrected chi connectivity index (χ3v) is 3.01. The van der Waals surface area contributed by atoms with Crippen LogP contribution >= 0.6 is 0 Å². The number of benzene rings is 1. The van der Waals surface area contributed by atoms with E-state index >= 15 is 0 Å². The van der Waals surface area contributed by atoms with Crippen LogP contribution in [0.15, 0.2) is 36.4 Å². The monoisotopic (exact) mass is 270 g/mol. The first-order valence-corrected chi connectivity index (χ1v) is 6.31. The van der Waals surface area contributed by atoms with E-state index in [1.54, 1.807) is 30.1 Å². The highest BCUT2D eigenvalue weighted by Gasteiger charge is 2.15. The standard InChI is InChI=1S/C15H18N4O/c1-10-7-11(2)9-12(8-10)19(3)15(20)13-5-4-6-14(17-13)18-16/h4-9H,16H2,1-3H3,(H,17,18). The summed E-state index contributed by atoms with van der Waals surface area (Å²) in [5.41, 5.74) is 5.87. The molecule has 2 aromatic rings. The molecule has 0 aliphatic heterocycles. The van der Waals surface area contributed by atoms with Gasteiger partial charge >= 0.3 is 0 Å². The van der Waals surface area contributed by atoms with Gasteiger partial charge in [0.05, 0.1) is 0 Å². The number of hydrogen-bond acceptors (Lipinski definition) is 4. The Morgan fingerprint density at radius 2 is 1.85 bits per heavy atom. The van der Waals surface area contributed by atoms with Gasteiger partial charge in [0.2, 0.25) is 0 Å². The number of hydrazine groups is 1. The van der Waals surface area contributed by atoms with Crippen molar-refractivity contribution in [3.63, 3.8) is 0 Å². The minimum atomic E-state index is -0.174. The smallest absolute Gasteiger partial charge is 0.276 e. The van der Waals surface area contributed by atoms with E-state index in [1.165, 1.54) is 0 Å². The zero-order chi connectivity index (χ0) is 14.7. The van der Waals surface area contributed by atoms with Gasteiger partial charge in [0.1, 0.15) is 11.5 Å². The summed E-state index contributed by atoms with van der Waals surface area (Å²) in [6.07, 6.45) is 0. The minimum Gasteiger partial charge on any atom is -0.310 e. The first-order chi connectivity index (χ1) is 9.51. The lowest BCUT2D eigenvalue weighted by Crippen LogP contribution is -2.27. The molecule has 5 nitrogen and oxygen atoms in total. The second-order valence-electron chi connectivity index (χ2n) is 4.76. The van der Waals surface area contributed by atoms with Gasteiger partial charge in [-0.2, -0.15) is 0 Å². The Bertz CT molecular complexity index is 619. The van der Waals surface area contributed by atoms with Crippen LogP contribution in [0.2, 0.25) is 0 Å². The van der Waals surface area contributed by atoms with Gasteiger partial charge in [-0.3, -0.25) is 4.79 Å². The van der Waals surface area contributed by atoms with Crippen molar-refractivity contribution in [2.24, 2.45) is 5.84 Å². The lowest BCUT2D eigenvalue weighted by Gasteiger charge is -2.18. The molecule has 0 spiro atoms. The fraction of sp³-hybridized carbons (Fsp3) is 0.200. The largest absolute Gasteiger partial charge is 0.310 e. The molecular formula is C15H18N4O. The maximum atomic E-state index is 12.4. The van der Waals surface area contributed by atoms with E-state index in [0.29, 0.717) is 11.5 Å². The molecule has 0 fully saturated rings. The number of amides is 1. The molecule has 0 unspecified atom stereocenters. The fourth-order valence-electron chi connectivity index (χ4n) is 2.07. The van der Waals surface area contributed by atoms with Crippen LogP contribution in [0.4, 0.5) is 11.5 Å². The number of nitrogens with one attached hydrogen (secondary N) is 1. The van der Waals surface area contributed by atoms with Crippen molar-refractivity contribution >= 4 is 17.4 Å². The van der Waals surface area contributed by atoms with E-state index in [4.69, 9.17) is 5.84 Å². The van der Waals surface area contributed by atoms with Crippen LogP contribution in [0.5, 0.6) is 0 Å². The lowest BCUT2D eigenvalue weighted by atomic mass is 10.1. The number of hydrogen-bond donors (Lipinski definition) is 2. The van der Waals surface area contributed by atoms with Crippen LogP contribution in [0, 0.1) is 13.8 Å². The molecule has 1 aromatic carbocycles. The van der Waals surface area contributed by atoms with Crippen LogP contribution in [0.25, 0.3) is 0 Å². The van der Waals surface area contributed by atoms with Crippen LogP contribution in [-0.4, -0.2) is 17.9 Å². The predicted molar refractivity (Wildman–Crippen MR) is 80.7 cm³/mol. The molecule has 5 heteroatoms. The Kier molecular flexibility index (Phi) is 4.00. The molecule has 20 heavy (non-hydrogen) atoms. The van der Waals surface area contributed by atoms with E-state index in [-0.39, 0.29) is 5.91 Å². The molecule has 0 bridgehead atoms. The zero-order valence-electron chi connectivity index (χ0n) is 11.8. The van der Waals surface area contributed by atoms with Crippen molar-refractivity contribution in [3.8, 4) is 0 Å². The van der Waals surface area contributed by atoms with E-state index < -0.39 is 0 Å². The molecule has 0 atom stereocenters. The molecule has 104 valence electrons. The molecule has 2 rings (SSSR count). The molecule has 0 aliphatic carbocycles. The van der Waals surface area contributed by atoms with E-state index in [2.05, 4.69) is 16.5 Å². The van der Waals surface area contributed by atoms with Gasteiger partial charge in [-0.15, -0.1) is 0 Å². The normalized spacial score (nSPS) is 10.2.